The van der Waals surface area contributed by atoms with E-state index in [1.807, 2.05) is 0 Å². The number of H-pyrrole nitrogens is 1. The molecule has 0 aromatic carbocycles. The van der Waals surface area contributed by atoms with Gasteiger partial charge in [-0.3, -0.25) is 14.7 Å². The van der Waals surface area contributed by atoms with Crippen LogP contribution in [0.2, 0.25) is 0 Å². The van der Waals surface area contributed by atoms with E-state index in [9.17, 15) is 9.59 Å². The molecule has 7 heteroatoms. The molecule has 1 aliphatic heterocycles. The highest BCUT2D eigenvalue weighted by molar-refractivity contribution is 5.95. The lowest BCUT2D eigenvalue weighted by molar-refractivity contribution is -0.130. The molecule has 0 bridgehead atoms. The first kappa shape index (κ1) is 12.4. The molecule has 2 rings (SSSR count). The van der Waals surface area contributed by atoms with Crippen molar-refractivity contribution in [2.75, 3.05) is 32.4 Å². The summed E-state index contributed by atoms with van der Waals surface area (Å²) < 4.78 is 0. The van der Waals surface area contributed by atoms with Crippen molar-refractivity contribution in [1.29, 1.82) is 0 Å². The van der Waals surface area contributed by atoms with Crippen LogP contribution >= 0.6 is 0 Å². The van der Waals surface area contributed by atoms with Crippen molar-refractivity contribution < 1.29 is 9.59 Å². The minimum atomic E-state index is -0.285. The minimum absolute atomic E-state index is 0.0177. The van der Waals surface area contributed by atoms with Gasteiger partial charge in [0.1, 0.15) is 11.5 Å². The maximum atomic E-state index is 11.9. The van der Waals surface area contributed by atoms with Crippen LogP contribution in [0.3, 0.4) is 0 Å². The van der Waals surface area contributed by atoms with Crippen molar-refractivity contribution in [2.45, 2.75) is 12.8 Å². The molecule has 98 valence electrons. The lowest BCUT2D eigenvalue weighted by Crippen LogP contribution is -2.39. The van der Waals surface area contributed by atoms with Gasteiger partial charge in [0.25, 0.3) is 5.91 Å². The zero-order valence-electron chi connectivity index (χ0n) is 10.3. The molecule has 1 aromatic heterocycles. The summed E-state index contributed by atoms with van der Waals surface area (Å²) in [6.45, 7) is 1.66. The van der Waals surface area contributed by atoms with Gasteiger partial charge in [0, 0.05) is 26.2 Å². The van der Waals surface area contributed by atoms with Crippen LogP contribution in [0, 0.1) is 0 Å². The van der Waals surface area contributed by atoms with E-state index in [0.717, 1.165) is 25.9 Å². The van der Waals surface area contributed by atoms with Crippen molar-refractivity contribution in [1.82, 2.24) is 20.0 Å². The molecule has 3 N–H and O–H groups in total. The second-order valence-corrected chi connectivity index (χ2v) is 4.46. The summed E-state index contributed by atoms with van der Waals surface area (Å²) in [5, 5.41) is 6.22. The van der Waals surface area contributed by atoms with E-state index >= 15 is 0 Å². The average Bonchev–Trinajstić information content (AvgIpc) is 2.98. The number of nitrogen functional groups attached to an aromatic ring is 1. The Morgan fingerprint density at radius 1 is 1.50 bits per heavy atom. The lowest BCUT2D eigenvalue weighted by Gasteiger charge is -2.20. The summed E-state index contributed by atoms with van der Waals surface area (Å²) in [4.78, 5) is 27.0. The smallest absolute Gasteiger partial charge is 0.272 e. The monoisotopic (exact) mass is 251 g/mol. The number of aromatic amines is 1. The van der Waals surface area contributed by atoms with Crippen molar-refractivity contribution >= 4 is 17.6 Å². The molecule has 0 radical (unpaired) electrons. The highest BCUT2D eigenvalue weighted by atomic mass is 16.2. The Labute approximate surface area is 105 Å². The number of hydrogen-bond donors (Lipinski definition) is 2. The fourth-order valence-corrected chi connectivity index (χ4v) is 1.99. The number of nitrogens with one attached hydrogen (secondary N) is 1. The Morgan fingerprint density at radius 3 is 2.72 bits per heavy atom. The van der Waals surface area contributed by atoms with E-state index in [1.165, 1.54) is 11.0 Å². The Kier molecular flexibility index (Phi) is 3.50. The van der Waals surface area contributed by atoms with Gasteiger partial charge in [-0.05, 0) is 12.8 Å². The first-order valence-electron chi connectivity index (χ1n) is 5.92. The van der Waals surface area contributed by atoms with E-state index in [2.05, 4.69) is 10.2 Å². The zero-order valence-corrected chi connectivity index (χ0v) is 10.3. The molecule has 1 aliphatic rings. The molecule has 0 atom stereocenters. The Morgan fingerprint density at radius 2 is 2.17 bits per heavy atom. The standard InChI is InChI=1S/C11H17N5O2/c1-15(7-10(17)16-4-2-3-5-16)11(18)8-6-9(12)14-13-8/h6H,2-5,7H2,1H3,(H3,12,13,14). The number of amides is 2. The number of anilines is 1. The summed E-state index contributed by atoms with van der Waals surface area (Å²) >= 11 is 0. The quantitative estimate of drug-likeness (QED) is 0.770. The van der Waals surface area contributed by atoms with Gasteiger partial charge in [-0.25, -0.2) is 0 Å². The van der Waals surface area contributed by atoms with E-state index < -0.39 is 0 Å². The van der Waals surface area contributed by atoms with Crippen LogP contribution in [0.15, 0.2) is 6.07 Å². The largest absolute Gasteiger partial charge is 0.382 e. The third kappa shape index (κ3) is 2.61. The van der Waals surface area contributed by atoms with Gasteiger partial charge in [-0.15, -0.1) is 0 Å². The topological polar surface area (TPSA) is 95.3 Å². The number of nitrogens with two attached hydrogens (primary N) is 1. The van der Waals surface area contributed by atoms with Crippen molar-refractivity contribution in [2.24, 2.45) is 0 Å². The molecule has 18 heavy (non-hydrogen) atoms. The van der Waals surface area contributed by atoms with Crippen molar-refractivity contribution in [3.63, 3.8) is 0 Å². The summed E-state index contributed by atoms with van der Waals surface area (Å²) in [6.07, 6.45) is 2.08. The summed E-state index contributed by atoms with van der Waals surface area (Å²) in [7, 11) is 1.59. The molecular weight excluding hydrogens is 234 g/mol. The fourth-order valence-electron chi connectivity index (χ4n) is 1.99. The molecule has 7 nitrogen and oxygen atoms in total. The second kappa shape index (κ2) is 5.07. The van der Waals surface area contributed by atoms with Crippen LogP contribution in [-0.2, 0) is 4.79 Å². The zero-order chi connectivity index (χ0) is 13.1. The Balaban J connectivity index is 1.92. The molecular formula is C11H17N5O2. The molecule has 2 amide bonds. The molecule has 0 aliphatic carbocycles. The van der Waals surface area contributed by atoms with Gasteiger partial charge in [0.05, 0.1) is 6.54 Å². The van der Waals surface area contributed by atoms with Crippen LogP contribution < -0.4 is 5.73 Å². The van der Waals surface area contributed by atoms with Crippen molar-refractivity contribution in [3.8, 4) is 0 Å². The molecule has 1 saturated heterocycles. The van der Waals surface area contributed by atoms with Gasteiger partial charge in [0.2, 0.25) is 5.91 Å². The number of hydrogen-bond acceptors (Lipinski definition) is 4. The van der Waals surface area contributed by atoms with Gasteiger partial charge in [0.15, 0.2) is 0 Å². The third-order valence-corrected chi connectivity index (χ3v) is 3.01. The molecule has 1 fully saturated rings. The number of carbonyl (C=O) groups excluding carboxylic acids is 2. The van der Waals surface area contributed by atoms with Crippen LogP contribution in [0.25, 0.3) is 0 Å². The van der Waals surface area contributed by atoms with Gasteiger partial charge < -0.3 is 15.5 Å². The van der Waals surface area contributed by atoms with Gasteiger partial charge >= 0.3 is 0 Å². The van der Waals surface area contributed by atoms with E-state index in [4.69, 9.17) is 5.73 Å². The highest BCUT2D eigenvalue weighted by Crippen LogP contribution is 2.09. The second-order valence-electron chi connectivity index (χ2n) is 4.46. The highest BCUT2D eigenvalue weighted by Gasteiger charge is 2.22. The van der Waals surface area contributed by atoms with Crippen LogP contribution in [0.5, 0.6) is 0 Å². The minimum Gasteiger partial charge on any atom is -0.382 e. The Hall–Kier alpha value is -2.05. The number of rotatable bonds is 3. The summed E-state index contributed by atoms with van der Waals surface area (Å²) in [5.74, 6) is -0.0415. The van der Waals surface area contributed by atoms with Crippen LogP contribution in [0.1, 0.15) is 23.3 Å². The average molecular weight is 251 g/mol. The lowest BCUT2D eigenvalue weighted by atomic mass is 10.3. The van der Waals surface area contributed by atoms with E-state index in [0.29, 0.717) is 5.69 Å². The van der Waals surface area contributed by atoms with Crippen molar-refractivity contribution in [3.05, 3.63) is 11.8 Å². The number of likely N-dealkylation sites (tertiary alicyclic amines) is 1. The van der Waals surface area contributed by atoms with E-state index in [1.54, 1.807) is 11.9 Å². The predicted octanol–water partition coefficient (Wildman–Crippen LogP) is -0.314. The molecule has 1 aromatic rings. The maximum absolute atomic E-state index is 11.9. The summed E-state index contributed by atoms with van der Waals surface area (Å²) in [5.41, 5.74) is 5.72. The number of nitrogens with zero attached hydrogens (tertiary/aromatic N) is 3. The first-order valence-corrected chi connectivity index (χ1v) is 5.92. The Bertz CT molecular complexity index is 450. The van der Waals surface area contributed by atoms with Crippen LogP contribution in [0.4, 0.5) is 5.82 Å². The van der Waals surface area contributed by atoms with Crippen LogP contribution in [-0.4, -0.2) is 58.5 Å². The van der Waals surface area contributed by atoms with E-state index in [-0.39, 0.29) is 24.2 Å². The van der Waals surface area contributed by atoms with Gasteiger partial charge in [-0.2, -0.15) is 5.10 Å². The molecule has 2 heterocycles. The number of aromatic nitrogens is 2. The SMILES string of the molecule is CN(CC(=O)N1CCCC1)C(=O)c1cc(N)n[nH]1. The number of carbonyl (C=O) groups is 2. The summed E-state index contributed by atoms with van der Waals surface area (Å²) in [6, 6.07) is 1.46. The third-order valence-electron chi connectivity index (χ3n) is 3.01. The first-order chi connectivity index (χ1) is 8.58. The normalized spacial score (nSPS) is 14.8. The maximum Gasteiger partial charge on any atom is 0.272 e. The molecule has 0 unspecified atom stereocenters. The predicted molar refractivity (Wildman–Crippen MR) is 65.8 cm³/mol. The molecule has 0 saturated carbocycles. The fraction of sp³-hybridized carbons (Fsp3) is 0.545. The molecule has 0 spiro atoms. The number of likely N-dealkylation sites (N-methyl/N-ethyl adjacent to an activating group) is 1. The van der Waals surface area contributed by atoms with Gasteiger partial charge in [-0.1, -0.05) is 0 Å².